The molecule has 1 amide bonds. The maximum atomic E-state index is 11.3. The fraction of sp³-hybridized carbons (Fsp3) is 0.240. The van der Waals surface area contributed by atoms with Crippen molar-refractivity contribution in [3.63, 3.8) is 0 Å². The van der Waals surface area contributed by atoms with Crippen molar-refractivity contribution in [1.29, 1.82) is 0 Å². The number of nitrogens with zero attached hydrogens (tertiary/aromatic N) is 10. The van der Waals surface area contributed by atoms with Gasteiger partial charge in [-0.25, -0.2) is 19.8 Å². The first-order chi connectivity index (χ1) is 18.2. The summed E-state index contributed by atoms with van der Waals surface area (Å²) >= 11 is 0. The summed E-state index contributed by atoms with van der Waals surface area (Å²) in [6.45, 7) is 16.9. The van der Waals surface area contributed by atoms with E-state index in [9.17, 15) is 4.79 Å². The molecule has 0 unspecified atom stereocenters. The van der Waals surface area contributed by atoms with Crippen LogP contribution in [0, 0.1) is 13.5 Å². The third kappa shape index (κ3) is 4.50. The molecule has 0 aliphatic heterocycles. The molecule has 0 aliphatic rings. The van der Waals surface area contributed by atoms with E-state index in [0.29, 0.717) is 28.5 Å². The predicted octanol–water partition coefficient (Wildman–Crippen LogP) is 5.23. The monoisotopic (exact) mass is 508 g/mol. The summed E-state index contributed by atoms with van der Waals surface area (Å²) in [7, 11) is 0. The molecule has 1 aromatic carbocycles. The number of H-pyrrole nitrogens is 1. The topological polar surface area (TPSA) is 148 Å². The smallest absolute Gasteiger partial charge is 0.255 e. The molecule has 38 heavy (non-hydrogen) atoms. The SMILES string of the molecule is [C-]#[N+]c1c(C)nn(-c2ncccn2)c1N=Nc1c(C(C)(C)C)[nH]n2nc(-c3ccc(NC(C)=O)cc3)nc12. The van der Waals surface area contributed by atoms with Crippen LogP contribution in [-0.4, -0.2) is 45.5 Å². The fourth-order valence-corrected chi connectivity index (χ4v) is 3.82. The second-order valence-electron chi connectivity index (χ2n) is 9.54. The van der Waals surface area contributed by atoms with Gasteiger partial charge in [-0.2, -0.15) is 14.4 Å². The van der Waals surface area contributed by atoms with Gasteiger partial charge in [-0.3, -0.25) is 9.89 Å². The van der Waals surface area contributed by atoms with Gasteiger partial charge < -0.3 is 5.32 Å². The second kappa shape index (κ2) is 9.32. The lowest BCUT2D eigenvalue weighted by Crippen LogP contribution is -2.12. The van der Waals surface area contributed by atoms with Gasteiger partial charge in [0.25, 0.3) is 11.6 Å². The van der Waals surface area contributed by atoms with Crippen molar-refractivity contribution in [3.05, 3.63) is 65.5 Å². The molecule has 13 heteroatoms. The predicted molar refractivity (Wildman–Crippen MR) is 140 cm³/mol. The highest BCUT2D eigenvalue weighted by Gasteiger charge is 2.26. The number of hydrogen-bond acceptors (Lipinski definition) is 8. The van der Waals surface area contributed by atoms with E-state index in [0.717, 1.165) is 11.3 Å². The molecule has 13 nitrogen and oxygen atoms in total. The average molecular weight is 509 g/mol. The third-order valence-electron chi connectivity index (χ3n) is 5.59. The Hall–Kier alpha value is -5.25. The Kier molecular flexibility index (Phi) is 6.00. The first-order valence-electron chi connectivity index (χ1n) is 11.7. The van der Waals surface area contributed by atoms with Crippen LogP contribution in [0.5, 0.6) is 0 Å². The number of amides is 1. The summed E-state index contributed by atoms with van der Waals surface area (Å²) in [6, 6.07) is 8.92. The minimum Gasteiger partial charge on any atom is -0.326 e. The fourth-order valence-electron chi connectivity index (χ4n) is 3.82. The second-order valence-corrected chi connectivity index (χ2v) is 9.54. The van der Waals surface area contributed by atoms with E-state index in [1.807, 2.05) is 32.9 Å². The van der Waals surface area contributed by atoms with E-state index in [1.165, 1.54) is 11.6 Å². The highest BCUT2D eigenvalue weighted by Crippen LogP contribution is 2.38. The van der Waals surface area contributed by atoms with E-state index in [4.69, 9.17) is 11.6 Å². The Morgan fingerprint density at radius 2 is 1.82 bits per heavy atom. The van der Waals surface area contributed by atoms with Crippen molar-refractivity contribution < 1.29 is 4.79 Å². The van der Waals surface area contributed by atoms with E-state index >= 15 is 0 Å². The molecule has 0 aliphatic carbocycles. The number of fused-ring (bicyclic) bond motifs is 1. The number of benzene rings is 1. The lowest BCUT2D eigenvalue weighted by molar-refractivity contribution is -0.114. The van der Waals surface area contributed by atoms with Gasteiger partial charge in [-0.15, -0.1) is 15.3 Å². The molecular weight excluding hydrogens is 484 g/mol. The van der Waals surface area contributed by atoms with Gasteiger partial charge in [0, 0.05) is 36.0 Å². The molecule has 0 fully saturated rings. The van der Waals surface area contributed by atoms with Crippen molar-refractivity contribution in [3.8, 4) is 17.3 Å². The number of carbonyl (C=O) groups is 1. The molecular formula is C25H24N12O. The Morgan fingerprint density at radius 1 is 1.11 bits per heavy atom. The Labute approximate surface area is 217 Å². The Bertz CT molecular complexity index is 1710. The summed E-state index contributed by atoms with van der Waals surface area (Å²) < 4.78 is 2.96. The van der Waals surface area contributed by atoms with Gasteiger partial charge in [0.05, 0.1) is 18.0 Å². The van der Waals surface area contributed by atoms with Crippen molar-refractivity contribution in [2.75, 3.05) is 5.32 Å². The zero-order valence-electron chi connectivity index (χ0n) is 21.4. The summed E-state index contributed by atoms with van der Waals surface area (Å²) in [5.41, 5.74) is 3.59. The lowest BCUT2D eigenvalue weighted by Gasteiger charge is -2.16. The zero-order valence-corrected chi connectivity index (χ0v) is 21.4. The van der Waals surface area contributed by atoms with Crippen LogP contribution in [0.25, 0.3) is 27.8 Å². The van der Waals surface area contributed by atoms with Gasteiger partial charge in [0.15, 0.2) is 17.3 Å². The summed E-state index contributed by atoms with van der Waals surface area (Å²) in [5, 5.41) is 24.0. The van der Waals surface area contributed by atoms with Crippen LogP contribution in [0.15, 0.2) is 53.0 Å². The highest BCUT2D eigenvalue weighted by molar-refractivity contribution is 5.88. The van der Waals surface area contributed by atoms with Crippen molar-refractivity contribution in [1.82, 2.24) is 39.6 Å². The quantitative estimate of drug-likeness (QED) is 0.245. The third-order valence-corrected chi connectivity index (χ3v) is 5.59. The van der Waals surface area contributed by atoms with Crippen LogP contribution >= 0.6 is 0 Å². The normalized spacial score (nSPS) is 11.8. The molecule has 0 spiro atoms. The number of azo groups is 1. The van der Waals surface area contributed by atoms with Crippen molar-refractivity contribution in [2.24, 2.45) is 10.2 Å². The van der Waals surface area contributed by atoms with Gasteiger partial charge in [0.1, 0.15) is 0 Å². The molecule has 190 valence electrons. The summed E-state index contributed by atoms with van der Waals surface area (Å²) in [5.74, 6) is 0.828. The summed E-state index contributed by atoms with van der Waals surface area (Å²) in [4.78, 5) is 28.1. The zero-order chi connectivity index (χ0) is 27.0. The maximum Gasteiger partial charge on any atom is 0.255 e. The minimum atomic E-state index is -0.335. The van der Waals surface area contributed by atoms with E-state index < -0.39 is 0 Å². The van der Waals surface area contributed by atoms with Gasteiger partial charge in [0.2, 0.25) is 11.6 Å². The molecule has 4 aromatic heterocycles. The Morgan fingerprint density at radius 3 is 2.45 bits per heavy atom. The number of hydrogen-bond donors (Lipinski definition) is 2. The minimum absolute atomic E-state index is 0.146. The maximum absolute atomic E-state index is 11.3. The number of aromatic nitrogens is 8. The van der Waals surface area contributed by atoms with Crippen molar-refractivity contribution >= 4 is 34.4 Å². The van der Waals surface area contributed by atoms with Gasteiger partial charge >= 0.3 is 0 Å². The van der Waals surface area contributed by atoms with Crippen LogP contribution in [0.1, 0.15) is 39.1 Å². The van der Waals surface area contributed by atoms with Crippen LogP contribution in [0.2, 0.25) is 0 Å². The largest absolute Gasteiger partial charge is 0.326 e. The Balaban J connectivity index is 1.61. The van der Waals surface area contributed by atoms with Gasteiger partial charge in [-0.05, 0) is 37.3 Å². The van der Waals surface area contributed by atoms with Crippen LogP contribution < -0.4 is 5.32 Å². The number of carbonyl (C=O) groups excluding carboxylic acids is 1. The van der Waals surface area contributed by atoms with Crippen LogP contribution in [-0.2, 0) is 10.2 Å². The molecule has 5 aromatic rings. The number of rotatable bonds is 5. The number of aromatic amines is 1. The molecule has 0 saturated heterocycles. The molecule has 0 radical (unpaired) electrons. The van der Waals surface area contributed by atoms with Crippen molar-refractivity contribution in [2.45, 2.75) is 40.0 Å². The van der Waals surface area contributed by atoms with E-state index in [-0.39, 0.29) is 28.8 Å². The highest BCUT2D eigenvalue weighted by atomic mass is 16.1. The van der Waals surface area contributed by atoms with Crippen LogP contribution in [0.3, 0.4) is 0 Å². The van der Waals surface area contributed by atoms with Crippen LogP contribution in [0.4, 0.5) is 22.9 Å². The molecule has 0 atom stereocenters. The number of anilines is 1. The molecule has 5 rings (SSSR count). The van der Waals surface area contributed by atoms with E-state index in [1.54, 1.807) is 42.1 Å². The standard InChI is InChI=1S/C25H24N12O/c1-14-18(26-6)23(36(33-14)24-27-12-7-13-28-24)32-31-19-20(25(3,4)5)34-37-22(19)30-21(35-37)16-8-10-17(11-9-16)29-15(2)38/h7-13,34H,1-5H3,(H,29,38). The lowest BCUT2D eigenvalue weighted by atomic mass is 9.91. The average Bonchev–Trinajstić information content (AvgIpc) is 3.54. The summed E-state index contributed by atoms with van der Waals surface area (Å²) in [6.07, 6.45) is 3.18. The number of aryl methyl sites for hydroxylation is 1. The molecule has 0 bridgehead atoms. The molecule has 2 N–H and O–H groups in total. The number of nitrogens with one attached hydrogen (secondary N) is 2. The van der Waals surface area contributed by atoms with Gasteiger partial charge in [-0.1, -0.05) is 20.8 Å². The molecule has 4 heterocycles. The van der Waals surface area contributed by atoms with E-state index in [2.05, 4.69) is 45.7 Å². The molecule has 0 saturated carbocycles. The first kappa shape index (κ1) is 24.4. The first-order valence-corrected chi connectivity index (χ1v) is 11.7.